The standard InChI is InChI=1S/C21H32N8O/c1-22-21(29-12-8-27(9-13-29)17-19-4-14-30-25-19)24-16-18-3-5-23-20(15-18)28-10-6-26(2)7-11-28/h3-5,14-15H,6-13,16-17H2,1-2H3,(H,22,24). The summed E-state index contributed by atoms with van der Waals surface area (Å²) in [6.07, 6.45) is 3.54. The Morgan fingerprint density at radius 2 is 1.90 bits per heavy atom. The summed E-state index contributed by atoms with van der Waals surface area (Å²) >= 11 is 0. The number of aliphatic imine (C=N–C) groups is 1. The predicted molar refractivity (Wildman–Crippen MR) is 117 cm³/mol. The van der Waals surface area contributed by atoms with E-state index in [1.807, 2.05) is 19.3 Å². The average molecular weight is 413 g/mol. The van der Waals surface area contributed by atoms with Gasteiger partial charge in [0, 0.05) is 84.8 Å². The summed E-state index contributed by atoms with van der Waals surface area (Å²) < 4.78 is 4.93. The van der Waals surface area contributed by atoms with Crippen LogP contribution >= 0.6 is 0 Å². The van der Waals surface area contributed by atoms with Crippen molar-refractivity contribution in [2.75, 3.05) is 71.4 Å². The van der Waals surface area contributed by atoms with Crippen molar-refractivity contribution in [3.05, 3.63) is 41.9 Å². The Kier molecular flexibility index (Phi) is 6.81. The number of pyridine rings is 1. The molecule has 2 aromatic heterocycles. The van der Waals surface area contributed by atoms with Crippen molar-refractivity contribution in [3.63, 3.8) is 0 Å². The van der Waals surface area contributed by atoms with Gasteiger partial charge in [-0.1, -0.05) is 5.16 Å². The van der Waals surface area contributed by atoms with E-state index in [4.69, 9.17) is 4.52 Å². The molecule has 0 spiro atoms. The third-order valence-corrected chi connectivity index (χ3v) is 5.85. The highest BCUT2D eigenvalue weighted by Gasteiger charge is 2.20. The first kappa shape index (κ1) is 20.6. The van der Waals surface area contributed by atoms with Gasteiger partial charge in [0.25, 0.3) is 0 Å². The van der Waals surface area contributed by atoms with Crippen molar-refractivity contribution in [1.29, 1.82) is 0 Å². The maximum atomic E-state index is 4.93. The van der Waals surface area contributed by atoms with Crippen molar-refractivity contribution in [2.45, 2.75) is 13.1 Å². The quantitative estimate of drug-likeness (QED) is 0.569. The molecule has 0 atom stereocenters. The van der Waals surface area contributed by atoms with E-state index in [1.54, 1.807) is 6.26 Å². The van der Waals surface area contributed by atoms with Crippen LogP contribution in [-0.4, -0.2) is 97.3 Å². The lowest BCUT2D eigenvalue weighted by atomic mass is 10.2. The molecule has 2 aromatic rings. The van der Waals surface area contributed by atoms with Gasteiger partial charge in [-0.15, -0.1) is 0 Å². The fraction of sp³-hybridized carbons (Fsp3) is 0.571. The number of rotatable bonds is 5. The van der Waals surface area contributed by atoms with Crippen LogP contribution in [0.15, 0.2) is 40.2 Å². The van der Waals surface area contributed by atoms with Gasteiger partial charge in [0.15, 0.2) is 5.96 Å². The Labute approximate surface area is 178 Å². The number of hydrogen-bond donors (Lipinski definition) is 1. The molecule has 9 nitrogen and oxygen atoms in total. The van der Waals surface area contributed by atoms with Crippen LogP contribution in [0.25, 0.3) is 0 Å². The lowest BCUT2D eigenvalue weighted by molar-refractivity contribution is 0.169. The zero-order valence-corrected chi connectivity index (χ0v) is 18.0. The van der Waals surface area contributed by atoms with Crippen molar-refractivity contribution in [1.82, 2.24) is 30.2 Å². The van der Waals surface area contributed by atoms with E-state index < -0.39 is 0 Å². The minimum absolute atomic E-state index is 0.745. The molecule has 30 heavy (non-hydrogen) atoms. The Morgan fingerprint density at radius 1 is 1.10 bits per heavy atom. The normalized spacial score (nSPS) is 19.3. The van der Waals surface area contributed by atoms with Gasteiger partial charge in [0.2, 0.25) is 0 Å². The second-order valence-corrected chi connectivity index (χ2v) is 7.97. The molecular weight excluding hydrogens is 380 g/mol. The van der Waals surface area contributed by atoms with Gasteiger partial charge < -0.3 is 24.5 Å². The molecule has 0 radical (unpaired) electrons. The Hall–Kier alpha value is -2.65. The third kappa shape index (κ3) is 5.28. The van der Waals surface area contributed by atoms with Crippen molar-refractivity contribution in [3.8, 4) is 0 Å². The maximum Gasteiger partial charge on any atom is 0.194 e. The van der Waals surface area contributed by atoms with Crippen molar-refractivity contribution in [2.24, 2.45) is 4.99 Å². The van der Waals surface area contributed by atoms with Gasteiger partial charge in [-0.25, -0.2) is 4.98 Å². The molecule has 162 valence electrons. The average Bonchev–Trinajstić information content (AvgIpc) is 3.29. The summed E-state index contributed by atoms with van der Waals surface area (Å²) in [7, 11) is 4.03. The van der Waals surface area contributed by atoms with Gasteiger partial charge in [0.05, 0.1) is 5.69 Å². The minimum atomic E-state index is 0.745. The minimum Gasteiger partial charge on any atom is -0.364 e. The number of nitrogens with one attached hydrogen (secondary N) is 1. The van der Waals surface area contributed by atoms with Crippen LogP contribution in [0.5, 0.6) is 0 Å². The first-order valence-corrected chi connectivity index (χ1v) is 10.7. The number of guanidine groups is 1. The van der Waals surface area contributed by atoms with Crippen molar-refractivity contribution >= 4 is 11.8 Å². The van der Waals surface area contributed by atoms with E-state index in [1.165, 1.54) is 5.56 Å². The number of likely N-dealkylation sites (N-methyl/N-ethyl adjacent to an activating group) is 1. The molecule has 2 aliphatic heterocycles. The smallest absolute Gasteiger partial charge is 0.194 e. The lowest BCUT2D eigenvalue weighted by Gasteiger charge is -2.36. The van der Waals surface area contributed by atoms with E-state index in [0.717, 1.165) is 82.9 Å². The van der Waals surface area contributed by atoms with Gasteiger partial charge in [0.1, 0.15) is 12.1 Å². The molecule has 1 N–H and O–H groups in total. The number of anilines is 1. The van der Waals surface area contributed by atoms with E-state index in [0.29, 0.717) is 0 Å². The molecule has 0 bridgehead atoms. The summed E-state index contributed by atoms with van der Waals surface area (Å²) in [5, 5.41) is 7.54. The molecular formula is C21H32N8O. The Balaban J connectivity index is 1.27. The molecule has 0 unspecified atom stereocenters. The summed E-state index contributed by atoms with van der Waals surface area (Å²) in [4.78, 5) is 18.5. The fourth-order valence-corrected chi connectivity index (χ4v) is 3.96. The van der Waals surface area contributed by atoms with Gasteiger partial charge in [-0.05, 0) is 24.7 Å². The van der Waals surface area contributed by atoms with Gasteiger partial charge in [-0.2, -0.15) is 0 Å². The van der Waals surface area contributed by atoms with Gasteiger partial charge >= 0.3 is 0 Å². The number of hydrogen-bond acceptors (Lipinski definition) is 7. The predicted octanol–water partition coefficient (Wildman–Crippen LogP) is 0.715. The van der Waals surface area contributed by atoms with E-state index in [-0.39, 0.29) is 0 Å². The number of piperazine rings is 2. The lowest BCUT2D eigenvalue weighted by Crippen LogP contribution is -2.52. The highest BCUT2D eigenvalue weighted by Crippen LogP contribution is 2.15. The SMILES string of the molecule is CN=C(NCc1ccnc(N2CCN(C)CC2)c1)N1CCN(Cc2ccon2)CC1. The zero-order valence-electron chi connectivity index (χ0n) is 18.0. The molecule has 0 aromatic carbocycles. The summed E-state index contributed by atoms with van der Waals surface area (Å²) in [6, 6.07) is 6.20. The third-order valence-electron chi connectivity index (χ3n) is 5.85. The molecule has 9 heteroatoms. The second kappa shape index (κ2) is 9.90. The van der Waals surface area contributed by atoms with E-state index >= 15 is 0 Å². The molecule has 0 aliphatic carbocycles. The second-order valence-electron chi connectivity index (χ2n) is 7.97. The molecule has 2 aliphatic rings. The van der Waals surface area contributed by atoms with Gasteiger partial charge in [-0.3, -0.25) is 9.89 Å². The Bertz CT molecular complexity index is 808. The number of aromatic nitrogens is 2. The number of nitrogens with zero attached hydrogens (tertiary/aromatic N) is 7. The highest BCUT2D eigenvalue weighted by molar-refractivity contribution is 5.80. The molecule has 4 heterocycles. The molecule has 2 fully saturated rings. The summed E-state index contributed by atoms with van der Waals surface area (Å²) in [5.41, 5.74) is 2.21. The van der Waals surface area contributed by atoms with E-state index in [9.17, 15) is 0 Å². The van der Waals surface area contributed by atoms with Crippen LogP contribution in [0.2, 0.25) is 0 Å². The maximum absolute atomic E-state index is 4.93. The molecule has 4 rings (SSSR count). The summed E-state index contributed by atoms with van der Waals surface area (Å²) in [6.45, 7) is 9.66. The summed E-state index contributed by atoms with van der Waals surface area (Å²) in [5.74, 6) is 2.02. The first-order valence-electron chi connectivity index (χ1n) is 10.7. The van der Waals surface area contributed by atoms with Crippen LogP contribution in [0, 0.1) is 0 Å². The molecule has 2 saturated heterocycles. The topological polar surface area (TPSA) is 76.3 Å². The molecule has 0 amide bonds. The van der Waals surface area contributed by atoms with Crippen LogP contribution in [0.4, 0.5) is 5.82 Å². The van der Waals surface area contributed by atoms with Crippen LogP contribution < -0.4 is 10.2 Å². The fourth-order valence-electron chi connectivity index (χ4n) is 3.96. The van der Waals surface area contributed by atoms with E-state index in [2.05, 4.69) is 59.2 Å². The monoisotopic (exact) mass is 412 g/mol. The van der Waals surface area contributed by atoms with Crippen LogP contribution in [-0.2, 0) is 13.1 Å². The first-order chi connectivity index (χ1) is 14.7. The van der Waals surface area contributed by atoms with Crippen molar-refractivity contribution < 1.29 is 4.52 Å². The largest absolute Gasteiger partial charge is 0.364 e. The van der Waals surface area contributed by atoms with Crippen LogP contribution in [0.1, 0.15) is 11.3 Å². The highest BCUT2D eigenvalue weighted by atomic mass is 16.5. The molecule has 0 saturated carbocycles. The van der Waals surface area contributed by atoms with Crippen LogP contribution in [0.3, 0.4) is 0 Å². The Morgan fingerprint density at radius 3 is 2.60 bits per heavy atom. The zero-order chi connectivity index (χ0) is 20.8.